The van der Waals surface area contributed by atoms with Crippen LogP contribution in [0, 0.1) is 6.92 Å². The molecule has 9 nitrogen and oxygen atoms in total. The number of hydrogen-bond acceptors (Lipinski definition) is 7. The zero-order valence-electron chi connectivity index (χ0n) is 17.4. The minimum Gasteiger partial charge on any atom is -0.326 e. The predicted molar refractivity (Wildman–Crippen MR) is 124 cm³/mol. The lowest BCUT2D eigenvalue weighted by atomic mass is 10.1. The number of carbonyl (C=O) groups excluding carboxylic acids is 2. The maximum Gasteiger partial charge on any atom is 0.254 e. The molecule has 2 amide bonds. The van der Waals surface area contributed by atoms with Gasteiger partial charge in [0, 0.05) is 48.2 Å². The first-order valence-corrected chi connectivity index (χ1v) is 10.7. The Labute approximate surface area is 187 Å². The minimum atomic E-state index is -0.261. The van der Waals surface area contributed by atoms with Gasteiger partial charge in [-0.05, 0) is 43.7 Å². The third-order valence-electron chi connectivity index (χ3n) is 4.73. The molecular formula is C22H20N6O3S. The SMILES string of the molecule is CC(=O)Nc1ccc2nc(NC(=O)CCc3c(C)nc(-c4ccncc4)[nH]c3=O)sc2c1. The number of aryl methyl sites for hydroxylation is 1. The molecule has 0 bridgehead atoms. The van der Waals surface area contributed by atoms with Gasteiger partial charge in [-0.2, -0.15) is 0 Å². The van der Waals surface area contributed by atoms with Gasteiger partial charge in [0.1, 0.15) is 5.82 Å². The summed E-state index contributed by atoms with van der Waals surface area (Å²) in [7, 11) is 0. The number of amides is 2. The number of aromatic amines is 1. The van der Waals surface area contributed by atoms with Crippen LogP contribution < -0.4 is 16.2 Å². The third kappa shape index (κ3) is 4.86. The number of aromatic nitrogens is 4. The highest BCUT2D eigenvalue weighted by Gasteiger charge is 2.13. The number of H-pyrrole nitrogens is 1. The molecule has 0 spiro atoms. The van der Waals surface area contributed by atoms with E-state index in [4.69, 9.17) is 0 Å². The number of carbonyl (C=O) groups is 2. The number of nitrogens with zero attached hydrogens (tertiary/aromatic N) is 3. The van der Waals surface area contributed by atoms with Crippen LogP contribution in [0.15, 0.2) is 47.5 Å². The number of nitrogens with one attached hydrogen (secondary N) is 3. The topological polar surface area (TPSA) is 130 Å². The normalized spacial score (nSPS) is 10.8. The molecule has 0 radical (unpaired) electrons. The zero-order chi connectivity index (χ0) is 22.7. The Bertz CT molecular complexity index is 1360. The van der Waals surface area contributed by atoms with Crippen molar-refractivity contribution in [1.82, 2.24) is 19.9 Å². The van der Waals surface area contributed by atoms with Crippen LogP contribution in [0.3, 0.4) is 0 Å². The van der Waals surface area contributed by atoms with Crippen LogP contribution in [0.1, 0.15) is 24.6 Å². The molecule has 4 rings (SSSR count). The van der Waals surface area contributed by atoms with Crippen molar-refractivity contribution in [3.8, 4) is 11.4 Å². The van der Waals surface area contributed by atoms with Gasteiger partial charge in [-0.15, -0.1) is 0 Å². The first kappa shape index (κ1) is 21.3. The van der Waals surface area contributed by atoms with Crippen molar-refractivity contribution in [2.24, 2.45) is 0 Å². The molecule has 0 aliphatic rings. The molecule has 10 heteroatoms. The monoisotopic (exact) mass is 448 g/mol. The van der Waals surface area contributed by atoms with Crippen molar-refractivity contribution in [1.29, 1.82) is 0 Å². The lowest BCUT2D eigenvalue weighted by Gasteiger charge is -2.07. The molecule has 3 aromatic heterocycles. The Morgan fingerprint density at radius 2 is 1.88 bits per heavy atom. The van der Waals surface area contributed by atoms with Gasteiger partial charge >= 0.3 is 0 Å². The van der Waals surface area contributed by atoms with E-state index in [-0.39, 0.29) is 30.2 Å². The molecule has 0 aliphatic heterocycles. The van der Waals surface area contributed by atoms with Crippen LogP contribution in [0.4, 0.5) is 10.8 Å². The molecular weight excluding hydrogens is 428 g/mol. The fourth-order valence-electron chi connectivity index (χ4n) is 3.23. The standard InChI is InChI=1S/C22H20N6O3S/c1-12-16(21(31)28-20(24-12)14-7-9-23-10-8-14)4-6-19(30)27-22-26-17-5-3-15(25-13(2)29)11-18(17)32-22/h3,5,7-11H,4,6H2,1-2H3,(H,25,29)(H,24,28,31)(H,26,27,30). The fraction of sp³-hybridized carbons (Fsp3) is 0.182. The van der Waals surface area contributed by atoms with Crippen LogP contribution in [0.5, 0.6) is 0 Å². The van der Waals surface area contributed by atoms with Crippen molar-refractivity contribution < 1.29 is 9.59 Å². The van der Waals surface area contributed by atoms with Crippen LogP contribution in [0.25, 0.3) is 21.6 Å². The highest BCUT2D eigenvalue weighted by Crippen LogP contribution is 2.28. The van der Waals surface area contributed by atoms with Gasteiger partial charge in [0.2, 0.25) is 11.8 Å². The van der Waals surface area contributed by atoms with E-state index in [1.54, 1.807) is 43.6 Å². The molecule has 0 fully saturated rings. The number of fused-ring (bicyclic) bond motifs is 1. The molecule has 0 aliphatic carbocycles. The van der Waals surface area contributed by atoms with Crippen LogP contribution in [-0.2, 0) is 16.0 Å². The van der Waals surface area contributed by atoms with Gasteiger partial charge in [0.25, 0.3) is 5.56 Å². The average Bonchev–Trinajstić information content (AvgIpc) is 3.14. The highest BCUT2D eigenvalue weighted by molar-refractivity contribution is 7.22. The Kier molecular flexibility index (Phi) is 6.04. The number of pyridine rings is 1. The zero-order valence-corrected chi connectivity index (χ0v) is 18.2. The van der Waals surface area contributed by atoms with Gasteiger partial charge in [0.05, 0.1) is 10.2 Å². The molecule has 0 atom stereocenters. The first-order chi connectivity index (χ1) is 15.4. The van der Waals surface area contributed by atoms with Crippen LogP contribution in [0.2, 0.25) is 0 Å². The van der Waals surface area contributed by atoms with E-state index in [9.17, 15) is 14.4 Å². The van der Waals surface area contributed by atoms with Crippen LogP contribution >= 0.6 is 11.3 Å². The summed E-state index contributed by atoms with van der Waals surface area (Å²) >= 11 is 1.31. The molecule has 32 heavy (non-hydrogen) atoms. The summed E-state index contributed by atoms with van der Waals surface area (Å²) in [5.74, 6) is 0.0651. The summed E-state index contributed by atoms with van der Waals surface area (Å²) in [5.41, 5.74) is 2.96. The van der Waals surface area contributed by atoms with E-state index < -0.39 is 0 Å². The Hall–Kier alpha value is -3.92. The summed E-state index contributed by atoms with van der Waals surface area (Å²) in [5, 5.41) is 5.96. The average molecular weight is 449 g/mol. The lowest BCUT2D eigenvalue weighted by Crippen LogP contribution is -2.20. The van der Waals surface area contributed by atoms with E-state index in [0.29, 0.717) is 27.9 Å². The van der Waals surface area contributed by atoms with Crippen molar-refractivity contribution >= 4 is 44.2 Å². The summed E-state index contributed by atoms with van der Waals surface area (Å²) in [6, 6.07) is 8.88. The number of hydrogen-bond donors (Lipinski definition) is 3. The molecule has 1 aromatic carbocycles. The lowest BCUT2D eigenvalue weighted by molar-refractivity contribution is -0.116. The second-order valence-electron chi connectivity index (χ2n) is 7.15. The second kappa shape index (κ2) is 9.06. The van der Waals surface area contributed by atoms with E-state index in [2.05, 4.69) is 30.6 Å². The molecule has 162 valence electrons. The van der Waals surface area contributed by atoms with E-state index in [1.807, 2.05) is 6.07 Å². The van der Waals surface area contributed by atoms with Crippen molar-refractivity contribution in [3.05, 3.63) is 64.3 Å². The van der Waals surface area contributed by atoms with Gasteiger partial charge in [-0.1, -0.05) is 11.3 Å². The quantitative estimate of drug-likeness (QED) is 0.415. The third-order valence-corrected chi connectivity index (χ3v) is 5.67. The largest absolute Gasteiger partial charge is 0.326 e. The Morgan fingerprint density at radius 1 is 1.09 bits per heavy atom. The first-order valence-electron chi connectivity index (χ1n) is 9.87. The summed E-state index contributed by atoms with van der Waals surface area (Å²) in [4.78, 5) is 51.8. The van der Waals surface area contributed by atoms with Gasteiger partial charge in [0.15, 0.2) is 5.13 Å². The van der Waals surface area contributed by atoms with E-state index >= 15 is 0 Å². The van der Waals surface area contributed by atoms with E-state index in [1.165, 1.54) is 18.3 Å². The Balaban J connectivity index is 1.43. The smallest absolute Gasteiger partial charge is 0.254 e. The Morgan fingerprint density at radius 3 is 2.59 bits per heavy atom. The van der Waals surface area contributed by atoms with Gasteiger partial charge in [-0.3, -0.25) is 19.4 Å². The molecule has 3 heterocycles. The summed E-state index contributed by atoms with van der Waals surface area (Å²) < 4.78 is 0.842. The number of anilines is 2. The molecule has 4 aromatic rings. The van der Waals surface area contributed by atoms with Crippen LogP contribution in [-0.4, -0.2) is 31.8 Å². The van der Waals surface area contributed by atoms with Crippen molar-refractivity contribution in [2.45, 2.75) is 26.7 Å². The van der Waals surface area contributed by atoms with Crippen molar-refractivity contribution in [2.75, 3.05) is 10.6 Å². The summed E-state index contributed by atoms with van der Waals surface area (Å²) in [6.07, 6.45) is 3.64. The highest BCUT2D eigenvalue weighted by atomic mass is 32.1. The summed E-state index contributed by atoms with van der Waals surface area (Å²) in [6.45, 7) is 3.20. The van der Waals surface area contributed by atoms with E-state index in [0.717, 1.165) is 15.8 Å². The molecule has 0 saturated heterocycles. The van der Waals surface area contributed by atoms with Crippen molar-refractivity contribution in [3.63, 3.8) is 0 Å². The predicted octanol–water partition coefficient (Wildman–Crippen LogP) is 3.28. The maximum absolute atomic E-state index is 12.5. The van der Waals surface area contributed by atoms with Gasteiger partial charge < -0.3 is 15.6 Å². The minimum absolute atomic E-state index is 0.118. The number of benzene rings is 1. The molecule has 3 N–H and O–H groups in total. The number of rotatable bonds is 6. The van der Waals surface area contributed by atoms with Gasteiger partial charge in [-0.25, -0.2) is 9.97 Å². The second-order valence-corrected chi connectivity index (χ2v) is 8.18. The molecule has 0 unspecified atom stereocenters. The maximum atomic E-state index is 12.5. The fourth-order valence-corrected chi connectivity index (χ4v) is 4.15. The number of thiazole rings is 1. The molecule has 0 saturated carbocycles.